The Labute approximate surface area is 203 Å². The number of rotatable bonds is 26. The lowest BCUT2D eigenvalue weighted by Gasteiger charge is -2.18. The molecule has 0 amide bonds. The summed E-state index contributed by atoms with van der Waals surface area (Å²) >= 11 is 0. The van der Waals surface area contributed by atoms with Crippen LogP contribution in [-0.4, -0.2) is 12.1 Å². The molecule has 0 heterocycles. The van der Waals surface area contributed by atoms with Gasteiger partial charge in [0.15, 0.2) is 0 Å². The van der Waals surface area contributed by atoms with Gasteiger partial charge in [-0.2, -0.15) is 0 Å². The first-order valence-electron chi connectivity index (χ1n) is 14.9. The third-order valence-electron chi connectivity index (χ3n) is 6.79. The van der Waals surface area contributed by atoms with E-state index in [4.69, 9.17) is 4.74 Å². The Morgan fingerprint density at radius 1 is 0.469 bits per heavy atom. The van der Waals surface area contributed by atoms with Crippen LogP contribution in [0.1, 0.15) is 181 Å². The van der Waals surface area contributed by atoms with Crippen molar-refractivity contribution in [2.24, 2.45) is 0 Å². The molecule has 0 aliphatic heterocycles. The maximum atomic E-state index is 12.4. The van der Waals surface area contributed by atoms with Crippen molar-refractivity contribution in [3.63, 3.8) is 0 Å². The highest BCUT2D eigenvalue weighted by molar-refractivity contribution is 5.69. The second-order valence-electron chi connectivity index (χ2n) is 10.2. The summed E-state index contributed by atoms with van der Waals surface area (Å²) in [5, 5.41) is 0. The van der Waals surface area contributed by atoms with E-state index in [0.717, 1.165) is 19.3 Å². The molecule has 0 aliphatic carbocycles. The van der Waals surface area contributed by atoms with Crippen molar-refractivity contribution in [1.29, 1.82) is 0 Å². The van der Waals surface area contributed by atoms with Crippen LogP contribution >= 0.6 is 0 Å². The van der Waals surface area contributed by atoms with Gasteiger partial charge in [0.1, 0.15) is 6.10 Å². The summed E-state index contributed by atoms with van der Waals surface area (Å²) in [7, 11) is 0. The second-order valence-corrected chi connectivity index (χ2v) is 10.2. The Balaban J connectivity index is 3.87. The first-order valence-corrected chi connectivity index (χ1v) is 14.9. The van der Waals surface area contributed by atoms with E-state index in [0.29, 0.717) is 6.42 Å². The topological polar surface area (TPSA) is 26.3 Å². The maximum Gasteiger partial charge on any atom is 0.306 e. The zero-order valence-corrected chi connectivity index (χ0v) is 22.6. The van der Waals surface area contributed by atoms with E-state index in [1.165, 1.54) is 135 Å². The molecule has 1 unspecified atom stereocenters. The fourth-order valence-corrected chi connectivity index (χ4v) is 4.57. The molecule has 0 saturated carbocycles. The summed E-state index contributed by atoms with van der Waals surface area (Å²) in [5.74, 6) is 0.0596. The molecule has 0 saturated heterocycles. The largest absolute Gasteiger partial charge is 0.462 e. The van der Waals surface area contributed by atoms with E-state index in [-0.39, 0.29) is 12.1 Å². The molecule has 0 aliphatic rings. The van der Waals surface area contributed by atoms with Crippen LogP contribution in [0.4, 0.5) is 0 Å². The van der Waals surface area contributed by atoms with Gasteiger partial charge < -0.3 is 4.74 Å². The summed E-state index contributed by atoms with van der Waals surface area (Å²) in [6, 6.07) is 0. The van der Waals surface area contributed by atoms with E-state index in [9.17, 15) is 4.79 Å². The molecule has 0 N–H and O–H groups in total. The minimum absolute atomic E-state index is 0.0596. The predicted molar refractivity (Wildman–Crippen MR) is 142 cm³/mol. The average molecular weight is 453 g/mol. The van der Waals surface area contributed by atoms with Crippen LogP contribution in [0, 0.1) is 0 Å². The minimum atomic E-state index is 0.0596. The van der Waals surface area contributed by atoms with Crippen LogP contribution in [0.2, 0.25) is 0 Å². The second kappa shape index (κ2) is 26.7. The Kier molecular flexibility index (Phi) is 26.3. The zero-order chi connectivity index (χ0) is 23.5. The number of hydrogen-bond donors (Lipinski definition) is 0. The highest BCUT2D eigenvalue weighted by Crippen LogP contribution is 2.18. The molecule has 0 aromatic heterocycles. The van der Waals surface area contributed by atoms with Crippen LogP contribution < -0.4 is 0 Å². The first kappa shape index (κ1) is 31.5. The smallest absolute Gasteiger partial charge is 0.306 e. The van der Waals surface area contributed by atoms with E-state index >= 15 is 0 Å². The van der Waals surface area contributed by atoms with Crippen molar-refractivity contribution in [3.05, 3.63) is 0 Å². The Hall–Kier alpha value is -0.530. The Morgan fingerprint density at radius 3 is 1.19 bits per heavy atom. The first-order chi connectivity index (χ1) is 15.7. The molecular weight excluding hydrogens is 392 g/mol. The fraction of sp³-hybridized carbons (Fsp3) is 0.967. The number of ether oxygens (including phenoxy) is 1. The SMILES string of the molecule is CCCCCCCCCCCC(=O)OC(CCCCCC)CCCCCCCCCCC. The number of hydrogen-bond acceptors (Lipinski definition) is 2. The lowest BCUT2D eigenvalue weighted by Crippen LogP contribution is -2.18. The maximum absolute atomic E-state index is 12.4. The molecule has 2 nitrogen and oxygen atoms in total. The van der Waals surface area contributed by atoms with E-state index < -0.39 is 0 Å². The van der Waals surface area contributed by atoms with Gasteiger partial charge in [0.2, 0.25) is 0 Å². The predicted octanol–water partition coefficient (Wildman–Crippen LogP) is 10.7. The third-order valence-corrected chi connectivity index (χ3v) is 6.79. The van der Waals surface area contributed by atoms with Crippen molar-refractivity contribution < 1.29 is 9.53 Å². The molecule has 0 radical (unpaired) electrons. The van der Waals surface area contributed by atoms with Gasteiger partial charge in [-0.25, -0.2) is 0 Å². The van der Waals surface area contributed by atoms with E-state index in [1.54, 1.807) is 0 Å². The summed E-state index contributed by atoms with van der Waals surface area (Å²) < 4.78 is 5.94. The summed E-state index contributed by atoms with van der Waals surface area (Å²) in [5.41, 5.74) is 0. The molecule has 0 rings (SSSR count). The number of esters is 1. The summed E-state index contributed by atoms with van der Waals surface area (Å²) in [6.07, 6.45) is 31.8. The number of carbonyl (C=O) groups is 1. The highest BCUT2D eigenvalue weighted by Gasteiger charge is 2.14. The van der Waals surface area contributed by atoms with Gasteiger partial charge in [0.05, 0.1) is 0 Å². The minimum Gasteiger partial charge on any atom is -0.462 e. The summed E-state index contributed by atoms with van der Waals surface area (Å²) in [6.45, 7) is 6.80. The standard InChI is InChI=1S/C30H60O2/c1-4-7-10-13-15-17-19-21-24-27-29(26-23-12-9-6-3)32-30(31)28-25-22-20-18-16-14-11-8-5-2/h29H,4-28H2,1-3H3. The monoisotopic (exact) mass is 452 g/mol. The summed E-state index contributed by atoms with van der Waals surface area (Å²) in [4.78, 5) is 12.4. The van der Waals surface area contributed by atoms with Gasteiger partial charge in [0, 0.05) is 6.42 Å². The van der Waals surface area contributed by atoms with Crippen LogP contribution in [0.15, 0.2) is 0 Å². The van der Waals surface area contributed by atoms with Crippen molar-refractivity contribution in [2.75, 3.05) is 0 Å². The molecule has 32 heavy (non-hydrogen) atoms. The van der Waals surface area contributed by atoms with Crippen molar-refractivity contribution in [3.8, 4) is 0 Å². The molecule has 0 aromatic rings. The van der Waals surface area contributed by atoms with Crippen molar-refractivity contribution in [2.45, 2.75) is 187 Å². The normalized spacial score (nSPS) is 12.2. The Bertz CT molecular complexity index is 366. The molecule has 0 spiro atoms. The van der Waals surface area contributed by atoms with E-state index in [1.807, 2.05) is 0 Å². The molecule has 0 bridgehead atoms. The quantitative estimate of drug-likeness (QED) is 0.0963. The Morgan fingerprint density at radius 2 is 0.781 bits per heavy atom. The molecule has 0 aromatic carbocycles. The fourth-order valence-electron chi connectivity index (χ4n) is 4.57. The number of unbranched alkanes of at least 4 members (excludes halogenated alkanes) is 19. The van der Waals surface area contributed by atoms with Crippen LogP contribution in [0.5, 0.6) is 0 Å². The van der Waals surface area contributed by atoms with Gasteiger partial charge >= 0.3 is 5.97 Å². The van der Waals surface area contributed by atoms with Crippen LogP contribution in [-0.2, 0) is 9.53 Å². The lowest BCUT2D eigenvalue weighted by molar-refractivity contribution is -0.150. The number of carbonyl (C=O) groups excluding carboxylic acids is 1. The van der Waals surface area contributed by atoms with E-state index in [2.05, 4.69) is 20.8 Å². The van der Waals surface area contributed by atoms with Gasteiger partial charge in [-0.05, 0) is 32.1 Å². The molecule has 0 fully saturated rings. The zero-order valence-electron chi connectivity index (χ0n) is 22.6. The molecule has 192 valence electrons. The third kappa shape index (κ3) is 24.1. The molecule has 1 atom stereocenters. The lowest BCUT2D eigenvalue weighted by atomic mass is 10.0. The van der Waals surface area contributed by atoms with Gasteiger partial charge in [-0.15, -0.1) is 0 Å². The van der Waals surface area contributed by atoms with Crippen LogP contribution in [0.3, 0.4) is 0 Å². The highest BCUT2D eigenvalue weighted by atomic mass is 16.5. The van der Waals surface area contributed by atoms with Crippen molar-refractivity contribution >= 4 is 5.97 Å². The average Bonchev–Trinajstić information content (AvgIpc) is 2.79. The molecule has 2 heteroatoms. The van der Waals surface area contributed by atoms with Gasteiger partial charge in [0.25, 0.3) is 0 Å². The van der Waals surface area contributed by atoms with Crippen molar-refractivity contribution in [1.82, 2.24) is 0 Å². The van der Waals surface area contributed by atoms with Gasteiger partial charge in [-0.3, -0.25) is 4.79 Å². The molecular formula is C30H60O2. The van der Waals surface area contributed by atoms with Gasteiger partial charge in [-0.1, -0.05) is 143 Å². The van der Waals surface area contributed by atoms with Crippen LogP contribution in [0.25, 0.3) is 0 Å².